The van der Waals surface area contributed by atoms with E-state index < -0.39 is 6.10 Å². The van der Waals surface area contributed by atoms with E-state index in [-0.39, 0.29) is 5.54 Å². The monoisotopic (exact) mass is 231 g/mol. The smallest absolute Gasteiger partial charge is 0.107 e. The van der Waals surface area contributed by atoms with Gasteiger partial charge in [0, 0.05) is 24.2 Å². The van der Waals surface area contributed by atoms with E-state index in [4.69, 9.17) is 0 Å². The van der Waals surface area contributed by atoms with Gasteiger partial charge in [-0.2, -0.15) is 5.10 Å². The Hall–Kier alpha value is -1.68. The molecular weight excluding hydrogens is 214 g/mol. The van der Waals surface area contributed by atoms with Gasteiger partial charge in [0.15, 0.2) is 0 Å². The lowest BCUT2D eigenvalue weighted by atomic mass is 10.1. The van der Waals surface area contributed by atoms with Gasteiger partial charge < -0.3 is 5.11 Å². The number of aliphatic hydroxyl groups excluding tert-OH is 1. The molecule has 90 valence electrons. The van der Waals surface area contributed by atoms with Crippen LogP contribution in [0, 0.1) is 0 Å². The molecule has 0 aromatic carbocycles. The highest BCUT2D eigenvalue weighted by Crippen LogP contribution is 2.22. The predicted octanol–water partition coefficient (Wildman–Crippen LogP) is 2.11. The average Bonchev–Trinajstić information content (AvgIpc) is 2.78. The number of pyridine rings is 1. The normalized spacial score (nSPS) is 13.6. The van der Waals surface area contributed by atoms with Gasteiger partial charge >= 0.3 is 0 Å². The van der Waals surface area contributed by atoms with Gasteiger partial charge in [-0.25, -0.2) is 0 Å². The Morgan fingerprint density at radius 2 is 1.82 bits per heavy atom. The molecule has 0 spiro atoms. The fourth-order valence-electron chi connectivity index (χ4n) is 1.58. The van der Waals surface area contributed by atoms with Gasteiger partial charge in [-0.05, 0) is 38.5 Å². The molecule has 2 aromatic rings. The van der Waals surface area contributed by atoms with E-state index in [0.29, 0.717) is 0 Å². The predicted molar refractivity (Wildman–Crippen MR) is 65.5 cm³/mol. The minimum absolute atomic E-state index is 0.0732. The minimum atomic E-state index is -0.644. The third-order valence-electron chi connectivity index (χ3n) is 2.63. The van der Waals surface area contributed by atoms with E-state index in [0.717, 1.165) is 11.1 Å². The summed E-state index contributed by atoms with van der Waals surface area (Å²) in [6.07, 6.45) is 6.29. The van der Waals surface area contributed by atoms with Gasteiger partial charge in [-0.15, -0.1) is 0 Å². The number of hydrogen-bond acceptors (Lipinski definition) is 3. The van der Waals surface area contributed by atoms with Crippen molar-refractivity contribution in [2.75, 3.05) is 0 Å². The van der Waals surface area contributed by atoms with Crippen LogP contribution >= 0.6 is 0 Å². The molecule has 4 heteroatoms. The largest absolute Gasteiger partial charge is 0.384 e. The summed E-state index contributed by atoms with van der Waals surface area (Å²) in [7, 11) is 0. The summed E-state index contributed by atoms with van der Waals surface area (Å²) < 4.78 is 1.85. The van der Waals surface area contributed by atoms with Crippen LogP contribution in [-0.2, 0) is 5.54 Å². The summed E-state index contributed by atoms with van der Waals surface area (Å²) in [6, 6.07) is 3.61. The van der Waals surface area contributed by atoms with Gasteiger partial charge in [-0.1, -0.05) is 0 Å². The molecule has 2 heterocycles. The summed E-state index contributed by atoms with van der Waals surface area (Å²) in [5, 5.41) is 14.5. The van der Waals surface area contributed by atoms with E-state index in [1.165, 1.54) is 0 Å². The van der Waals surface area contributed by atoms with Crippen LogP contribution in [0.15, 0.2) is 36.9 Å². The highest BCUT2D eigenvalue weighted by molar-refractivity contribution is 5.24. The van der Waals surface area contributed by atoms with E-state index in [2.05, 4.69) is 30.9 Å². The Bertz CT molecular complexity index is 485. The first-order chi connectivity index (χ1) is 7.98. The van der Waals surface area contributed by atoms with Crippen LogP contribution in [0.5, 0.6) is 0 Å². The van der Waals surface area contributed by atoms with E-state index in [9.17, 15) is 5.11 Å². The van der Waals surface area contributed by atoms with Crippen molar-refractivity contribution >= 4 is 0 Å². The Labute approximate surface area is 101 Å². The third kappa shape index (κ3) is 2.53. The zero-order valence-electron chi connectivity index (χ0n) is 10.3. The zero-order chi connectivity index (χ0) is 12.5. The molecule has 0 aliphatic rings. The number of aromatic nitrogens is 3. The summed E-state index contributed by atoms with van der Waals surface area (Å²) in [4.78, 5) is 3.93. The van der Waals surface area contributed by atoms with Crippen LogP contribution in [0.4, 0.5) is 0 Å². The molecule has 0 aliphatic heterocycles. The molecule has 1 atom stereocenters. The fraction of sp³-hybridized carbons (Fsp3) is 0.385. The van der Waals surface area contributed by atoms with Gasteiger partial charge in [-0.3, -0.25) is 9.67 Å². The molecule has 0 saturated carbocycles. The number of rotatable bonds is 2. The lowest BCUT2D eigenvalue weighted by molar-refractivity contribution is 0.219. The van der Waals surface area contributed by atoms with Crippen molar-refractivity contribution in [1.29, 1.82) is 0 Å². The number of aliphatic hydroxyl groups is 1. The molecule has 0 fully saturated rings. The first kappa shape index (κ1) is 11.8. The Balaban J connectivity index is 2.27. The third-order valence-corrected chi connectivity index (χ3v) is 2.63. The maximum Gasteiger partial charge on any atom is 0.107 e. The molecule has 0 amide bonds. The van der Waals surface area contributed by atoms with Crippen LogP contribution < -0.4 is 0 Å². The van der Waals surface area contributed by atoms with Crippen molar-refractivity contribution in [2.45, 2.75) is 32.4 Å². The first-order valence-corrected chi connectivity index (χ1v) is 5.61. The van der Waals surface area contributed by atoms with E-state index in [1.807, 2.05) is 10.9 Å². The molecule has 1 unspecified atom stereocenters. The molecule has 17 heavy (non-hydrogen) atoms. The highest BCUT2D eigenvalue weighted by atomic mass is 16.3. The molecule has 0 bridgehead atoms. The maximum absolute atomic E-state index is 10.2. The van der Waals surface area contributed by atoms with Crippen LogP contribution in [0.25, 0.3) is 0 Å². The van der Waals surface area contributed by atoms with Gasteiger partial charge in [0.1, 0.15) is 6.10 Å². The van der Waals surface area contributed by atoms with Crippen molar-refractivity contribution in [1.82, 2.24) is 14.8 Å². The lowest BCUT2D eigenvalue weighted by Crippen LogP contribution is -2.22. The summed E-state index contributed by atoms with van der Waals surface area (Å²) in [6.45, 7) is 6.22. The molecule has 0 saturated heterocycles. The second-order valence-corrected chi connectivity index (χ2v) is 5.07. The summed E-state index contributed by atoms with van der Waals surface area (Å²) >= 11 is 0. The molecule has 0 aliphatic carbocycles. The van der Waals surface area contributed by atoms with Crippen LogP contribution in [0.2, 0.25) is 0 Å². The van der Waals surface area contributed by atoms with Crippen molar-refractivity contribution in [3.05, 3.63) is 48.0 Å². The molecule has 2 rings (SSSR count). The van der Waals surface area contributed by atoms with Gasteiger partial charge in [0.05, 0.1) is 11.7 Å². The zero-order valence-corrected chi connectivity index (χ0v) is 10.3. The second kappa shape index (κ2) is 4.30. The number of hydrogen-bond donors (Lipinski definition) is 1. The van der Waals surface area contributed by atoms with Crippen molar-refractivity contribution in [2.24, 2.45) is 0 Å². The van der Waals surface area contributed by atoms with E-state index in [1.54, 1.807) is 30.7 Å². The van der Waals surface area contributed by atoms with Crippen molar-refractivity contribution < 1.29 is 5.11 Å². The van der Waals surface area contributed by atoms with Crippen LogP contribution in [0.3, 0.4) is 0 Å². The van der Waals surface area contributed by atoms with Crippen molar-refractivity contribution in [3.63, 3.8) is 0 Å². The summed E-state index contributed by atoms with van der Waals surface area (Å²) in [5.74, 6) is 0. The molecule has 4 nitrogen and oxygen atoms in total. The molecule has 0 radical (unpaired) electrons. The Morgan fingerprint density at radius 3 is 2.35 bits per heavy atom. The second-order valence-electron chi connectivity index (χ2n) is 5.07. The first-order valence-electron chi connectivity index (χ1n) is 5.61. The molecular formula is C13H17N3O. The van der Waals surface area contributed by atoms with Gasteiger partial charge in [0.2, 0.25) is 0 Å². The fourth-order valence-corrected chi connectivity index (χ4v) is 1.58. The van der Waals surface area contributed by atoms with E-state index >= 15 is 0 Å². The molecule has 1 N–H and O–H groups in total. The minimum Gasteiger partial charge on any atom is -0.384 e. The van der Waals surface area contributed by atoms with Gasteiger partial charge in [0.25, 0.3) is 0 Å². The SMILES string of the molecule is CC(C)(C)n1cc(C(O)c2ccncc2)cn1. The standard InChI is InChI=1S/C13H17N3O/c1-13(2,3)16-9-11(8-15-16)12(17)10-4-6-14-7-5-10/h4-9,12,17H,1-3H3. The lowest BCUT2D eigenvalue weighted by Gasteiger charge is -2.19. The van der Waals surface area contributed by atoms with Crippen molar-refractivity contribution in [3.8, 4) is 0 Å². The maximum atomic E-state index is 10.2. The van der Waals surface area contributed by atoms with Crippen LogP contribution in [-0.4, -0.2) is 19.9 Å². The topological polar surface area (TPSA) is 50.9 Å². The summed E-state index contributed by atoms with van der Waals surface area (Å²) in [5.41, 5.74) is 1.55. The number of nitrogens with zero attached hydrogens (tertiary/aromatic N) is 3. The Morgan fingerprint density at radius 1 is 1.18 bits per heavy atom. The Kier molecular flexibility index (Phi) is 2.98. The quantitative estimate of drug-likeness (QED) is 0.861. The molecule has 2 aromatic heterocycles. The van der Waals surface area contributed by atoms with Crippen LogP contribution in [0.1, 0.15) is 38.0 Å². The average molecular weight is 231 g/mol. The highest BCUT2D eigenvalue weighted by Gasteiger charge is 2.17.